The van der Waals surface area contributed by atoms with Crippen molar-refractivity contribution in [2.75, 3.05) is 33.1 Å². The van der Waals surface area contributed by atoms with Crippen molar-refractivity contribution in [3.8, 4) is 5.88 Å². The Bertz CT molecular complexity index is 610. The van der Waals surface area contributed by atoms with E-state index in [-0.39, 0.29) is 18.4 Å². The van der Waals surface area contributed by atoms with Crippen molar-refractivity contribution in [2.24, 2.45) is 0 Å². The summed E-state index contributed by atoms with van der Waals surface area (Å²) in [5, 5.41) is 2.72. The average molecular weight is 279 g/mol. The van der Waals surface area contributed by atoms with Gasteiger partial charge in [0.2, 0.25) is 17.7 Å². The van der Waals surface area contributed by atoms with Crippen LogP contribution in [0.15, 0.2) is 12.1 Å². The van der Waals surface area contributed by atoms with Crippen LogP contribution in [0, 0.1) is 0 Å². The molecule has 1 amide bonds. The number of hydrogen-bond acceptors (Lipinski definition) is 6. The molecule has 108 valence electrons. The normalized spacial score (nSPS) is 10.7. The van der Waals surface area contributed by atoms with Gasteiger partial charge < -0.3 is 20.5 Å². The quantitative estimate of drug-likeness (QED) is 0.709. The van der Waals surface area contributed by atoms with Crippen LogP contribution in [0.2, 0.25) is 0 Å². The third kappa shape index (κ3) is 2.97. The molecule has 0 bridgehead atoms. The fraction of sp³-hybridized carbons (Fsp3) is 0.417. The number of pyridine rings is 1. The molecule has 20 heavy (non-hydrogen) atoms. The third-order valence-electron chi connectivity index (χ3n) is 2.74. The average Bonchev–Trinajstić information content (AvgIpc) is 2.75. The molecule has 3 N–H and O–H groups in total. The van der Waals surface area contributed by atoms with E-state index in [9.17, 15) is 4.79 Å². The largest absolute Gasteiger partial charge is 0.481 e. The number of hydrogen-bond donors (Lipinski definition) is 2. The van der Waals surface area contributed by atoms with Gasteiger partial charge in [0.05, 0.1) is 13.7 Å². The first-order chi connectivity index (χ1) is 9.65. The van der Waals surface area contributed by atoms with E-state index in [1.54, 1.807) is 23.8 Å². The molecule has 8 heteroatoms. The van der Waals surface area contributed by atoms with E-state index < -0.39 is 0 Å². The molecule has 2 heterocycles. The van der Waals surface area contributed by atoms with Crippen LogP contribution >= 0.6 is 0 Å². The number of imidazole rings is 1. The lowest BCUT2D eigenvalue weighted by Crippen LogP contribution is -2.30. The maximum Gasteiger partial charge on any atom is 0.240 e. The molecule has 2 rings (SSSR count). The third-order valence-corrected chi connectivity index (χ3v) is 2.74. The minimum atomic E-state index is -0.183. The standard InChI is InChI=1S/C12H17N5O3/c1-19-6-5-14-9(18)7-17-11-8(15-12(17)13)3-4-10(16-11)20-2/h3-4H,5-7H2,1-2H3,(H2,13,15)(H,14,18). The zero-order chi connectivity index (χ0) is 14.5. The van der Waals surface area contributed by atoms with Crippen LogP contribution < -0.4 is 15.8 Å². The summed E-state index contributed by atoms with van der Waals surface area (Å²) in [4.78, 5) is 20.2. The summed E-state index contributed by atoms with van der Waals surface area (Å²) < 4.78 is 11.5. The maximum absolute atomic E-state index is 11.8. The Morgan fingerprint density at radius 3 is 2.90 bits per heavy atom. The number of fused-ring (bicyclic) bond motifs is 1. The Labute approximate surface area is 115 Å². The number of ether oxygens (including phenoxy) is 2. The molecule has 0 aliphatic carbocycles. The van der Waals surface area contributed by atoms with Gasteiger partial charge in [-0.15, -0.1) is 0 Å². The SMILES string of the molecule is COCCNC(=O)Cn1c(N)nc2ccc(OC)nc21. The lowest BCUT2D eigenvalue weighted by Gasteiger charge is -2.07. The summed E-state index contributed by atoms with van der Waals surface area (Å²) in [7, 11) is 3.10. The summed E-state index contributed by atoms with van der Waals surface area (Å²) in [6.07, 6.45) is 0. The highest BCUT2D eigenvalue weighted by Gasteiger charge is 2.13. The highest BCUT2D eigenvalue weighted by molar-refractivity contribution is 5.81. The Kier molecular flexibility index (Phi) is 4.36. The Balaban J connectivity index is 2.20. The molecule has 0 unspecified atom stereocenters. The van der Waals surface area contributed by atoms with Gasteiger partial charge in [-0.05, 0) is 6.07 Å². The topological polar surface area (TPSA) is 104 Å². The molecule has 0 spiro atoms. The number of nitrogens with zero attached hydrogens (tertiary/aromatic N) is 3. The van der Waals surface area contributed by atoms with Crippen LogP contribution in [0.4, 0.5) is 5.95 Å². The summed E-state index contributed by atoms with van der Waals surface area (Å²) >= 11 is 0. The number of rotatable bonds is 6. The maximum atomic E-state index is 11.8. The fourth-order valence-corrected chi connectivity index (χ4v) is 1.76. The van der Waals surface area contributed by atoms with E-state index >= 15 is 0 Å². The Morgan fingerprint density at radius 2 is 2.20 bits per heavy atom. The van der Waals surface area contributed by atoms with Crippen LogP contribution in [0.5, 0.6) is 5.88 Å². The van der Waals surface area contributed by atoms with Gasteiger partial charge in [0, 0.05) is 19.7 Å². The highest BCUT2D eigenvalue weighted by atomic mass is 16.5. The number of aromatic nitrogens is 3. The van der Waals surface area contributed by atoms with Crippen molar-refractivity contribution in [3.63, 3.8) is 0 Å². The minimum Gasteiger partial charge on any atom is -0.481 e. The van der Waals surface area contributed by atoms with E-state index in [0.717, 1.165) is 0 Å². The number of nitrogens with two attached hydrogens (primary N) is 1. The van der Waals surface area contributed by atoms with Crippen LogP contribution in [-0.4, -0.2) is 47.8 Å². The van der Waals surface area contributed by atoms with Crippen molar-refractivity contribution in [1.29, 1.82) is 0 Å². The number of nitrogens with one attached hydrogen (secondary N) is 1. The molecular weight excluding hydrogens is 262 g/mol. The van der Waals surface area contributed by atoms with E-state index in [1.165, 1.54) is 7.11 Å². The van der Waals surface area contributed by atoms with Crippen LogP contribution in [-0.2, 0) is 16.1 Å². The molecule has 0 atom stereocenters. The van der Waals surface area contributed by atoms with E-state index in [2.05, 4.69) is 15.3 Å². The molecule has 0 aromatic carbocycles. The first-order valence-corrected chi connectivity index (χ1v) is 6.08. The van der Waals surface area contributed by atoms with Crippen molar-refractivity contribution in [2.45, 2.75) is 6.54 Å². The van der Waals surface area contributed by atoms with Gasteiger partial charge in [0.1, 0.15) is 12.1 Å². The molecule has 8 nitrogen and oxygen atoms in total. The molecule has 2 aromatic heterocycles. The van der Waals surface area contributed by atoms with Gasteiger partial charge in [-0.2, -0.15) is 4.98 Å². The first kappa shape index (κ1) is 14.1. The number of carbonyl (C=O) groups excluding carboxylic acids is 1. The second kappa shape index (κ2) is 6.20. The monoisotopic (exact) mass is 279 g/mol. The Morgan fingerprint density at radius 1 is 1.40 bits per heavy atom. The molecule has 0 aliphatic rings. The van der Waals surface area contributed by atoms with E-state index in [0.29, 0.717) is 30.2 Å². The molecule has 0 saturated heterocycles. The summed E-state index contributed by atoms with van der Waals surface area (Å²) in [6.45, 7) is 0.947. The van der Waals surface area contributed by atoms with Gasteiger partial charge in [-0.3, -0.25) is 9.36 Å². The fourth-order valence-electron chi connectivity index (χ4n) is 1.76. The van der Waals surface area contributed by atoms with Crippen LogP contribution in [0.25, 0.3) is 11.2 Å². The number of nitrogen functional groups attached to an aromatic ring is 1. The number of methoxy groups -OCH3 is 2. The van der Waals surface area contributed by atoms with Gasteiger partial charge >= 0.3 is 0 Å². The molecule has 0 radical (unpaired) electrons. The zero-order valence-electron chi connectivity index (χ0n) is 11.4. The summed E-state index contributed by atoms with van der Waals surface area (Å²) in [5.74, 6) is 0.499. The molecule has 0 fully saturated rings. The second-order valence-electron chi connectivity index (χ2n) is 4.10. The zero-order valence-corrected chi connectivity index (χ0v) is 11.4. The smallest absolute Gasteiger partial charge is 0.240 e. The highest BCUT2D eigenvalue weighted by Crippen LogP contribution is 2.18. The van der Waals surface area contributed by atoms with Crippen LogP contribution in [0.1, 0.15) is 0 Å². The lowest BCUT2D eigenvalue weighted by atomic mass is 10.4. The van der Waals surface area contributed by atoms with Crippen molar-refractivity contribution < 1.29 is 14.3 Å². The summed E-state index contributed by atoms with van der Waals surface area (Å²) in [6, 6.07) is 3.44. The van der Waals surface area contributed by atoms with Gasteiger partial charge in [0.25, 0.3) is 0 Å². The predicted octanol–water partition coefficient (Wildman–Crippen LogP) is -0.215. The van der Waals surface area contributed by atoms with Gasteiger partial charge in [-0.1, -0.05) is 0 Å². The van der Waals surface area contributed by atoms with Crippen LogP contribution in [0.3, 0.4) is 0 Å². The van der Waals surface area contributed by atoms with Crippen molar-refractivity contribution in [3.05, 3.63) is 12.1 Å². The molecular formula is C12H17N5O3. The molecule has 0 aliphatic heterocycles. The van der Waals surface area contributed by atoms with Gasteiger partial charge in [0.15, 0.2) is 5.65 Å². The van der Waals surface area contributed by atoms with E-state index in [4.69, 9.17) is 15.2 Å². The molecule has 0 saturated carbocycles. The van der Waals surface area contributed by atoms with E-state index in [1.807, 2.05) is 0 Å². The predicted molar refractivity (Wildman–Crippen MR) is 73.4 cm³/mol. The number of anilines is 1. The second-order valence-corrected chi connectivity index (χ2v) is 4.10. The first-order valence-electron chi connectivity index (χ1n) is 6.08. The van der Waals surface area contributed by atoms with Crippen molar-refractivity contribution in [1.82, 2.24) is 19.9 Å². The Hall–Kier alpha value is -2.35. The van der Waals surface area contributed by atoms with Gasteiger partial charge in [-0.25, -0.2) is 4.98 Å². The lowest BCUT2D eigenvalue weighted by molar-refractivity contribution is -0.121. The molecule has 2 aromatic rings. The minimum absolute atomic E-state index is 0.0478. The summed E-state index contributed by atoms with van der Waals surface area (Å²) in [5.41, 5.74) is 6.95. The number of amides is 1. The number of carbonyl (C=O) groups is 1. The van der Waals surface area contributed by atoms with Crippen molar-refractivity contribution >= 4 is 23.0 Å².